The highest BCUT2D eigenvalue weighted by Crippen LogP contribution is 2.52. The maximum Gasteiger partial charge on any atom is 0.168 e. The summed E-state index contributed by atoms with van der Waals surface area (Å²) in [4.78, 5) is 26.6. The van der Waals surface area contributed by atoms with Crippen molar-refractivity contribution in [2.24, 2.45) is 0 Å². The number of ether oxygens (including phenoxy) is 5. The van der Waals surface area contributed by atoms with Gasteiger partial charge in [0.2, 0.25) is 0 Å². The highest BCUT2D eigenvalue weighted by molar-refractivity contribution is 5.83. The Balaban J connectivity index is 1.11. The predicted molar refractivity (Wildman–Crippen MR) is 136 cm³/mol. The zero-order valence-electron chi connectivity index (χ0n) is 22.2. The lowest BCUT2D eigenvalue weighted by Crippen LogP contribution is -2.38. The van der Waals surface area contributed by atoms with Gasteiger partial charge in [-0.1, -0.05) is 0 Å². The number of hydrogen-bond donors (Lipinski definition) is 5. The summed E-state index contributed by atoms with van der Waals surface area (Å²) in [6.45, 7) is 3.54. The summed E-state index contributed by atoms with van der Waals surface area (Å²) in [6, 6.07) is 0. The van der Waals surface area contributed by atoms with Crippen LogP contribution in [0.2, 0.25) is 0 Å². The van der Waals surface area contributed by atoms with Crippen molar-refractivity contribution in [3.05, 3.63) is 23.8 Å². The Labute approximate surface area is 235 Å². The van der Waals surface area contributed by atoms with Crippen LogP contribution in [0.4, 0.5) is 11.6 Å². The Hall–Kier alpha value is -3.62. The molecular weight excluding hydrogens is 556 g/mol. The van der Waals surface area contributed by atoms with E-state index in [1.54, 1.807) is 4.57 Å². The summed E-state index contributed by atoms with van der Waals surface area (Å²) in [7, 11) is 0. The molecular formula is C24H26N10O8. The summed E-state index contributed by atoms with van der Waals surface area (Å²) >= 11 is 0. The normalized spacial score (nSPS) is 37.4. The number of aliphatic hydroxyl groups is 3. The maximum absolute atomic E-state index is 10.8. The summed E-state index contributed by atoms with van der Waals surface area (Å²) in [5.74, 6) is 0.293. The molecule has 220 valence electrons. The number of nitrogens with two attached hydrogens (primary N) is 2. The van der Waals surface area contributed by atoms with Crippen molar-refractivity contribution in [3.63, 3.8) is 0 Å². The number of aliphatic hydroxyl groups excluding tert-OH is 3. The van der Waals surface area contributed by atoms with E-state index in [2.05, 4.69) is 24.9 Å². The first-order chi connectivity index (χ1) is 20.1. The molecule has 3 saturated heterocycles. The SMILES string of the molecule is CC1(C)OC2C3OC(C2O1)n1c(nc2c(N)ncnc21)C3OCc1nc(N)c2nc3n(c2n1)C1OC(C3O)C(O)C1O. The molecule has 9 heterocycles. The molecule has 5 aliphatic rings. The molecule has 0 amide bonds. The number of aromatic nitrogens is 8. The van der Waals surface area contributed by atoms with E-state index in [4.69, 9.17) is 40.1 Å². The molecule has 0 saturated carbocycles. The number of anilines is 2. The maximum atomic E-state index is 10.8. The summed E-state index contributed by atoms with van der Waals surface area (Å²) in [5.41, 5.74) is 13.7. The molecule has 42 heavy (non-hydrogen) atoms. The second-order valence-corrected chi connectivity index (χ2v) is 11.5. The first kappa shape index (κ1) is 24.9. The van der Waals surface area contributed by atoms with E-state index in [1.165, 1.54) is 10.9 Å². The van der Waals surface area contributed by atoms with Crippen molar-refractivity contribution >= 4 is 34.0 Å². The number of hydrogen-bond acceptors (Lipinski definition) is 16. The molecule has 0 radical (unpaired) electrons. The third-order valence-corrected chi connectivity index (χ3v) is 8.54. The molecule has 3 fully saturated rings. The Kier molecular flexibility index (Phi) is 4.78. The number of nitrogen functional groups attached to an aromatic ring is 2. The van der Waals surface area contributed by atoms with Crippen LogP contribution in [0.3, 0.4) is 0 Å². The van der Waals surface area contributed by atoms with Gasteiger partial charge in [0.25, 0.3) is 0 Å². The van der Waals surface area contributed by atoms with Crippen molar-refractivity contribution in [3.8, 4) is 0 Å². The topological polar surface area (TPSA) is 246 Å². The summed E-state index contributed by atoms with van der Waals surface area (Å²) in [5, 5.41) is 31.7. The van der Waals surface area contributed by atoms with E-state index in [0.29, 0.717) is 17.0 Å². The molecule has 0 aromatic carbocycles. The standard InChI is InChI=1S/C24H26N10O8/c1-24(2)41-13-12-14(21-32-6-16(25)27-4-28-18(6)33(21)23(40-12)15(13)42-24)38-3-5-29-17(26)7-19(30-5)34-20(31-7)10(37)11-8(35)9(36)22(34)39-11/h4,8-15,22-23,35-37H,3H2,1-2H3,(H2,25,27,28)(H2,26,29,30). The third kappa shape index (κ3) is 3.09. The van der Waals surface area contributed by atoms with Gasteiger partial charge < -0.3 is 50.5 Å². The Morgan fingerprint density at radius 2 is 1.52 bits per heavy atom. The molecule has 0 aliphatic carbocycles. The van der Waals surface area contributed by atoms with Gasteiger partial charge in [-0.2, -0.15) is 0 Å². The average Bonchev–Trinajstić information content (AvgIpc) is 3.72. The van der Waals surface area contributed by atoms with Crippen LogP contribution in [-0.2, 0) is 30.3 Å². The Morgan fingerprint density at radius 1 is 0.810 bits per heavy atom. The highest BCUT2D eigenvalue weighted by atomic mass is 16.8. The molecule has 18 heteroatoms. The van der Waals surface area contributed by atoms with Crippen molar-refractivity contribution in [2.75, 3.05) is 11.5 Å². The van der Waals surface area contributed by atoms with Gasteiger partial charge in [-0.05, 0) is 13.8 Å². The number of fused-ring (bicyclic) bond motifs is 10. The molecule has 10 unspecified atom stereocenters. The van der Waals surface area contributed by atoms with Gasteiger partial charge in [0.05, 0.1) is 0 Å². The van der Waals surface area contributed by atoms with Gasteiger partial charge in [0.1, 0.15) is 73.4 Å². The zero-order chi connectivity index (χ0) is 28.8. The summed E-state index contributed by atoms with van der Waals surface area (Å²) in [6.07, 6.45) is -7.39. The number of nitrogens with zero attached hydrogens (tertiary/aromatic N) is 8. The fourth-order valence-electron chi connectivity index (χ4n) is 6.82. The van der Waals surface area contributed by atoms with Crippen LogP contribution in [0.15, 0.2) is 6.33 Å². The first-order valence-corrected chi connectivity index (χ1v) is 13.5. The zero-order valence-corrected chi connectivity index (χ0v) is 22.2. The smallest absolute Gasteiger partial charge is 0.168 e. The van der Waals surface area contributed by atoms with E-state index in [-0.39, 0.29) is 41.1 Å². The molecule has 10 atom stereocenters. The summed E-state index contributed by atoms with van der Waals surface area (Å²) < 4.78 is 34.2. The van der Waals surface area contributed by atoms with Crippen LogP contribution < -0.4 is 11.5 Å². The van der Waals surface area contributed by atoms with E-state index >= 15 is 0 Å². The lowest BCUT2D eigenvalue weighted by Gasteiger charge is -2.33. The minimum absolute atomic E-state index is 0.0454. The van der Waals surface area contributed by atoms with E-state index in [1.807, 2.05) is 13.8 Å². The van der Waals surface area contributed by atoms with Crippen molar-refractivity contribution in [1.82, 2.24) is 39.0 Å². The van der Waals surface area contributed by atoms with Gasteiger partial charge in [0, 0.05) is 0 Å². The molecule has 4 aromatic rings. The molecule has 5 aliphatic heterocycles. The Morgan fingerprint density at radius 3 is 2.36 bits per heavy atom. The van der Waals surface area contributed by atoms with Crippen molar-refractivity contribution in [2.45, 2.75) is 87.5 Å². The molecule has 18 nitrogen and oxygen atoms in total. The number of imidazole rings is 2. The van der Waals surface area contributed by atoms with Crippen LogP contribution in [0.1, 0.15) is 56.0 Å². The fraction of sp³-hybridized carbons (Fsp3) is 0.583. The molecule has 4 aromatic heterocycles. The van der Waals surface area contributed by atoms with Gasteiger partial charge in [-0.15, -0.1) is 0 Å². The van der Waals surface area contributed by atoms with E-state index in [9.17, 15) is 15.3 Å². The molecule has 7 N–H and O–H groups in total. The van der Waals surface area contributed by atoms with E-state index < -0.39 is 67.1 Å². The van der Waals surface area contributed by atoms with Gasteiger partial charge in [-0.25, -0.2) is 29.9 Å². The van der Waals surface area contributed by atoms with E-state index in [0.717, 1.165) is 0 Å². The quantitative estimate of drug-likeness (QED) is 0.184. The molecule has 4 bridgehead atoms. The van der Waals surface area contributed by atoms with Crippen LogP contribution in [-0.4, -0.2) is 96.8 Å². The second kappa shape index (κ2) is 8.05. The van der Waals surface area contributed by atoms with Crippen molar-refractivity contribution in [1.29, 1.82) is 0 Å². The van der Waals surface area contributed by atoms with Gasteiger partial charge in [-0.3, -0.25) is 9.13 Å². The first-order valence-electron chi connectivity index (χ1n) is 13.5. The lowest BCUT2D eigenvalue weighted by atomic mass is 10.1. The van der Waals surface area contributed by atoms with Crippen LogP contribution in [0.25, 0.3) is 22.3 Å². The number of rotatable bonds is 3. The third-order valence-electron chi connectivity index (χ3n) is 8.54. The minimum atomic E-state index is -1.30. The van der Waals surface area contributed by atoms with Crippen molar-refractivity contribution < 1.29 is 39.0 Å². The van der Waals surface area contributed by atoms with Crippen LogP contribution >= 0.6 is 0 Å². The van der Waals surface area contributed by atoms with Gasteiger partial charge >= 0.3 is 0 Å². The predicted octanol–water partition coefficient (Wildman–Crippen LogP) is -1.51. The van der Waals surface area contributed by atoms with Crippen LogP contribution in [0, 0.1) is 0 Å². The highest BCUT2D eigenvalue weighted by Gasteiger charge is 2.62. The average molecular weight is 583 g/mol. The minimum Gasteiger partial charge on any atom is -0.387 e. The van der Waals surface area contributed by atoms with Gasteiger partial charge in [0.15, 0.2) is 58.0 Å². The Bertz CT molecular complexity index is 1790. The lowest BCUT2D eigenvalue weighted by molar-refractivity contribution is -0.224. The molecule has 0 spiro atoms. The monoisotopic (exact) mass is 582 g/mol. The fourth-order valence-corrected chi connectivity index (χ4v) is 6.82. The van der Waals surface area contributed by atoms with Crippen LogP contribution in [0.5, 0.6) is 0 Å². The molecule has 9 rings (SSSR count). The second-order valence-electron chi connectivity index (χ2n) is 11.5. The largest absolute Gasteiger partial charge is 0.387 e.